The highest BCUT2D eigenvalue weighted by Crippen LogP contribution is 2.47. The molecule has 1 unspecified atom stereocenters. The highest BCUT2D eigenvalue weighted by atomic mass is 16.2. The van der Waals surface area contributed by atoms with Gasteiger partial charge in [0.15, 0.2) is 0 Å². The average molecular weight is 195 g/mol. The number of hydrogen-bond donors (Lipinski definition) is 1. The van der Waals surface area contributed by atoms with Crippen molar-refractivity contribution in [1.29, 1.82) is 0 Å². The first kappa shape index (κ1) is 11.3. The van der Waals surface area contributed by atoms with Crippen molar-refractivity contribution in [3.8, 4) is 0 Å². The van der Waals surface area contributed by atoms with E-state index in [9.17, 15) is 4.79 Å². The number of nitrogens with one attached hydrogen (secondary N) is 1. The summed E-state index contributed by atoms with van der Waals surface area (Å²) in [5, 5.41) is 2.89. The molecule has 1 aliphatic heterocycles. The Balaban J connectivity index is 3.01. The van der Waals surface area contributed by atoms with Gasteiger partial charge in [0, 0.05) is 5.70 Å². The number of carbonyl (C=O) groups is 1. The Morgan fingerprint density at radius 2 is 2.07 bits per heavy atom. The third kappa shape index (κ3) is 1.58. The molecule has 1 amide bonds. The van der Waals surface area contributed by atoms with Gasteiger partial charge < -0.3 is 5.32 Å². The number of carbonyl (C=O) groups excluding carboxylic acids is 1. The van der Waals surface area contributed by atoms with Crippen molar-refractivity contribution in [2.45, 2.75) is 47.0 Å². The maximum absolute atomic E-state index is 12.0. The lowest BCUT2D eigenvalue weighted by atomic mass is 9.60. The normalized spacial score (nSPS) is 28.9. The summed E-state index contributed by atoms with van der Waals surface area (Å²) in [7, 11) is 0. The van der Waals surface area contributed by atoms with E-state index in [-0.39, 0.29) is 16.7 Å². The van der Waals surface area contributed by atoms with E-state index in [4.69, 9.17) is 0 Å². The van der Waals surface area contributed by atoms with Crippen LogP contribution < -0.4 is 5.32 Å². The molecule has 0 aromatic carbocycles. The Labute approximate surface area is 86.8 Å². The van der Waals surface area contributed by atoms with E-state index in [1.165, 1.54) is 0 Å². The summed E-state index contributed by atoms with van der Waals surface area (Å²) >= 11 is 0. The second-order valence-corrected chi connectivity index (χ2v) is 5.24. The molecule has 0 aromatic rings. The Bertz CT molecular complexity index is 262. The van der Waals surface area contributed by atoms with Crippen LogP contribution in [0.2, 0.25) is 0 Å². The minimum absolute atomic E-state index is 0.0204. The van der Waals surface area contributed by atoms with Crippen molar-refractivity contribution in [2.75, 3.05) is 0 Å². The van der Waals surface area contributed by atoms with Crippen molar-refractivity contribution >= 4 is 5.91 Å². The summed E-state index contributed by atoms with van der Waals surface area (Å²) in [5.74, 6) is 0.156. The standard InChI is InChI=1S/C12H21NO/c1-6-12(11(3,4)5)8-7-9(2)13-10(12)14/h2,6-8H2,1,3-5H3,(H,13,14). The van der Waals surface area contributed by atoms with E-state index in [1.807, 2.05) is 0 Å². The van der Waals surface area contributed by atoms with Gasteiger partial charge in [0.2, 0.25) is 5.91 Å². The molecule has 2 nitrogen and oxygen atoms in total. The Morgan fingerprint density at radius 3 is 2.43 bits per heavy atom. The van der Waals surface area contributed by atoms with Gasteiger partial charge in [-0.1, -0.05) is 34.3 Å². The first-order valence-electron chi connectivity index (χ1n) is 5.33. The van der Waals surface area contributed by atoms with Crippen LogP contribution in [-0.4, -0.2) is 5.91 Å². The van der Waals surface area contributed by atoms with Gasteiger partial charge in [-0.2, -0.15) is 0 Å². The maximum atomic E-state index is 12.0. The van der Waals surface area contributed by atoms with Crippen LogP contribution in [0.25, 0.3) is 0 Å². The van der Waals surface area contributed by atoms with Crippen molar-refractivity contribution in [2.24, 2.45) is 10.8 Å². The molecule has 1 fully saturated rings. The number of amides is 1. The number of rotatable bonds is 1. The first-order valence-corrected chi connectivity index (χ1v) is 5.33. The van der Waals surface area contributed by atoms with Crippen molar-refractivity contribution in [1.82, 2.24) is 5.32 Å². The van der Waals surface area contributed by atoms with Gasteiger partial charge >= 0.3 is 0 Å². The minimum atomic E-state index is -0.214. The second-order valence-electron chi connectivity index (χ2n) is 5.24. The third-order valence-corrected chi connectivity index (χ3v) is 3.62. The largest absolute Gasteiger partial charge is 0.330 e. The molecule has 0 bridgehead atoms. The number of hydrogen-bond acceptors (Lipinski definition) is 1. The van der Waals surface area contributed by atoms with Crippen molar-refractivity contribution in [3.05, 3.63) is 12.3 Å². The molecule has 1 atom stereocenters. The van der Waals surface area contributed by atoms with Crippen LogP contribution in [0.1, 0.15) is 47.0 Å². The lowest BCUT2D eigenvalue weighted by molar-refractivity contribution is -0.140. The van der Waals surface area contributed by atoms with Gasteiger partial charge in [0.1, 0.15) is 0 Å². The van der Waals surface area contributed by atoms with Crippen LogP contribution in [0.15, 0.2) is 12.3 Å². The minimum Gasteiger partial charge on any atom is -0.330 e. The summed E-state index contributed by atoms with van der Waals surface area (Å²) in [4.78, 5) is 12.0. The van der Waals surface area contributed by atoms with Crippen LogP contribution in [0.5, 0.6) is 0 Å². The Hall–Kier alpha value is -0.790. The number of allylic oxidation sites excluding steroid dienone is 1. The third-order valence-electron chi connectivity index (χ3n) is 3.62. The van der Waals surface area contributed by atoms with Crippen LogP contribution in [0, 0.1) is 10.8 Å². The summed E-state index contributed by atoms with van der Waals surface area (Å²) in [6, 6.07) is 0. The summed E-state index contributed by atoms with van der Waals surface area (Å²) in [5.41, 5.74) is 0.670. The quantitative estimate of drug-likeness (QED) is 0.685. The van der Waals surface area contributed by atoms with Gasteiger partial charge in [-0.15, -0.1) is 0 Å². The van der Waals surface area contributed by atoms with Gasteiger partial charge in [0.05, 0.1) is 5.41 Å². The van der Waals surface area contributed by atoms with E-state index in [0.29, 0.717) is 0 Å². The highest BCUT2D eigenvalue weighted by molar-refractivity contribution is 5.85. The fraction of sp³-hybridized carbons (Fsp3) is 0.750. The fourth-order valence-electron chi connectivity index (χ4n) is 2.40. The Morgan fingerprint density at radius 1 is 1.50 bits per heavy atom. The predicted molar refractivity (Wildman–Crippen MR) is 58.7 cm³/mol. The van der Waals surface area contributed by atoms with E-state index < -0.39 is 0 Å². The maximum Gasteiger partial charge on any atom is 0.230 e. The molecule has 1 heterocycles. The fourth-order valence-corrected chi connectivity index (χ4v) is 2.40. The molecule has 0 saturated carbocycles. The topological polar surface area (TPSA) is 29.1 Å². The first-order chi connectivity index (χ1) is 6.33. The molecule has 1 rings (SSSR count). The SMILES string of the molecule is C=C1CCC(CC)(C(C)(C)C)C(=O)N1. The molecule has 80 valence electrons. The van der Waals surface area contributed by atoms with Gasteiger partial charge in [-0.25, -0.2) is 0 Å². The molecule has 0 spiro atoms. The van der Waals surface area contributed by atoms with Gasteiger partial charge in [-0.3, -0.25) is 4.79 Å². The summed E-state index contributed by atoms with van der Waals surface area (Å²) < 4.78 is 0. The molecule has 0 aliphatic carbocycles. The molecule has 2 heteroatoms. The zero-order chi connectivity index (χ0) is 11.0. The van der Waals surface area contributed by atoms with E-state index in [1.54, 1.807) is 0 Å². The highest BCUT2D eigenvalue weighted by Gasteiger charge is 2.48. The molecule has 1 aliphatic rings. The summed E-state index contributed by atoms with van der Waals surface area (Å²) in [6.07, 6.45) is 2.74. The zero-order valence-electron chi connectivity index (χ0n) is 9.74. The van der Waals surface area contributed by atoms with Crippen LogP contribution >= 0.6 is 0 Å². The van der Waals surface area contributed by atoms with Crippen LogP contribution in [-0.2, 0) is 4.79 Å². The van der Waals surface area contributed by atoms with Gasteiger partial charge in [-0.05, 0) is 24.7 Å². The average Bonchev–Trinajstić information content (AvgIpc) is 2.02. The molecule has 0 radical (unpaired) electrons. The predicted octanol–water partition coefficient (Wildman–Crippen LogP) is 2.85. The van der Waals surface area contributed by atoms with Crippen molar-refractivity contribution < 1.29 is 4.79 Å². The monoisotopic (exact) mass is 195 g/mol. The van der Waals surface area contributed by atoms with E-state index in [2.05, 4.69) is 39.6 Å². The molecule has 0 aromatic heterocycles. The van der Waals surface area contributed by atoms with E-state index in [0.717, 1.165) is 25.0 Å². The number of piperidine rings is 1. The lowest BCUT2D eigenvalue weighted by Gasteiger charge is -2.45. The lowest BCUT2D eigenvalue weighted by Crippen LogP contribution is -2.51. The smallest absolute Gasteiger partial charge is 0.230 e. The summed E-state index contributed by atoms with van der Waals surface area (Å²) in [6.45, 7) is 12.3. The molecular weight excluding hydrogens is 174 g/mol. The molecular formula is C12H21NO. The molecule has 14 heavy (non-hydrogen) atoms. The van der Waals surface area contributed by atoms with Gasteiger partial charge in [0.25, 0.3) is 0 Å². The van der Waals surface area contributed by atoms with Crippen LogP contribution in [0.3, 0.4) is 0 Å². The second kappa shape index (κ2) is 3.41. The van der Waals surface area contributed by atoms with Crippen LogP contribution in [0.4, 0.5) is 0 Å². The molecule has 1 saturated heterocycles. The molecule has 1 N–H and O–H groups in total. The van der Waals surface area contributed by atoms with E-state index >= 15 is 0 Å². The zero-order valence-corrected chi connectivity index (χ0v) is 9.74. The Kier molecular flexibility index (Phi) is 2.75. The van der Waals surface area contributed by atoms with Crippen molar-refractivity contribution in [3.63, 3.8) is 0 Å².